The summed E-state index contributed by atoms with van der Waals surface area (Å²) in [4.78, 5) is 14.2. The van der Waals surface area contributed by atoms with Gasteiger partial charge in [0.15, 0.2) is 11.7 Å². The topological polar surface area (TPSA) is 50.2 Å². The van der Waals surface area contributed by atoms with Gasteiger partial charge in [0.2, 0.25) is 0 Å². The fourth-order valence-electron chi connectivity index (χ4n) is 7.90. The van der Waals surface area contributed by atoms with Crippen molar-refractivity contribution in [2.24, 2.45) is 15.0 Å². The van der Waals surface area contributed by atoms with E-state index in [1.165, 1.54) is 22.3 Å². The number of rotatable bonds is 6. The molecule has 2 atom stereocenters. The molecule has 2 unspecified atom stereocenters. The lowest BCUT2D eigenvalue weighted by Gasteiger charge is -2.30. The molecule has 4 nitrogen and oxygen atoms in total. The Kier molecular flexibility index (Phi) is 8.34. The molecule has 0 fully saturated rings. The van der Waals surface area contributed by atoms with Crippen molar-refractivity contribution in [1.29, 1.82) is 0 Å². The first-order chi connectivity index (χ1) is 25.7. The summed E-state index contributed by atoms with van der Waals surface area (Å²) in [6.45, 7) is 4.41. The first-order valence-corrected chi connectivity index (χ1v) is 18.0. The number of fused-ring (bicyclic) bond motifs is 6. The van der Waals surface area contributed by atoms with Gasteiger partial charge in [0.25, 0.3) is 0 Å². The zero-order chi connectivity index (χ0) is 34.9. The Morgan fingerprint density at radius 1 is 0.635 bits per heavy atom. The van der Waals surface area contributed by atoms with Crippen LogP contribution in [0.25, 0.3) is 45.0 Å². The molecule has 6 aromatic carbocycles. The Bertz CT molecular complexity index is 2550. The van der Waals surface area contributed by atoms with Gasteiger partial charge in [0, 0.05) is 33.4 Å². The number of benzene rings is 6. The maximum atomic E-state index is 6.94. The van der Waals surface area contributed by atoms with E-state index in [1.54, 1.807) is 0 Å². The Morgan fingerprint density at radius 3 is 2.12 bits per heavy atom. The van der Waals surface area contributed by atoms with Crippen LogP contribution in [-0.2, 0) is 6.54 Å². The molecule has 1 aromatic heterocycles. The molecule has 0 saturated carbocycles. The molecule has 0 spiro atoms. The number of nitrogens with zero attached hydrogens (tertiary/aromatic N) is 3. The quantitative estimate of drug-likeness (QED) is 0.128. The van der Waals surface area contributed by atoms with E-state index in [2.05, 4.69) is 127 Å². The molecule has 2 aliphatic carbocycles. The van der Waals surface area contributed by atoms with E-state index in [0.717, 1.165) is 62.6 Å². The number of amidine groups is 2. The van der Waals surface area contributed by atoms with Gasteiger partial charge in [0.1, 0.15) is 11.3 Å². The standard InChI is InChI=1S/C48H37N3O/c1-49-47(51-48(35-17-6-3-7-18-35)50-31-32-14-4-2-5-15-32)36-28-26-34(27-29-36)43-30-44-42-25-13-24-41(38-23-12-19-33-16-8-9-20-37(33)38)45(42)52-46(44)40-22-11-10-21-39(40)43/h2-22,25-30,38,41H,1,23-24,31H2. The van der Waals surface area contributed by atoms with Crippen LogP contribution in [0.15, 0.2) is 171 Å². The SMILES string of the molecule is C=NC(=NC(=NCc1ccccc1)c1ccccc1)c1ccc(-c2cc3c4c(oc3c3ccccc23)C(C2CC=Cc3ccccc32)CC=C4)cc1. The van der Waals surface area contributed by atoms with Crippen molar-refractivity contribution in [2.45, 2.75) is 31.2 Å². The molecule has 7 aromatic rings. The summed E-state index contributed by atoms with van der Waals surface area (Å²) >= 11 is 0. The van der Waals surface area contributed by atoms with Crippen LogP contribution in [0.3, 0.4) is 0 Å². The van der Waals surface area contributed by atoms with E-state index in [-0.39, 0.29) is 5.92 Å². The van der Waals surface area contributed by atoms with Crippen molar-refractivity contribution in [3.63, 3.8) is 0 Å². The minimum Gasteiger partial charge on any atom is -0.459 e. The van der Waals surface area contributed by atoms with Crippen molar-refractivity contribution in [3.8, 4) is 11.1 Å². The molecule has 4 heteroatoms. The van der Waals surface area contributed by atoms with Crippen LogP contribution in [0.5, 0.6) is 0 Å². The number of hydrogen-bond donors (Lipinski definition) is 0. The molecule has 1 heterocycles. The van der Waals surface area contributed by atoms with Crippen LogP contribution in [0.4, 0.5) is 0 Å². The molecule has 0 N–H and O–H groups in total. The van der Waals surface area contributed by atoms with Crippen LogP contribution in [0.2, 0.25) is 0 Å². The van der Waals surface area contributed by atoms with Gasteiger partial charge in [-0.15, -0.1) is 0 Å². The highest BCUT2D eigenvalue weighted by Crippen LogP contribution is 2.49. The summed E-state index contributed by atoms with van der Waals surface area (Å²) in [6.07, 6.45) is 11.2. The fourth-order valence-corrected chi connectivity index (χ4v) is 7.90. The summed E-state index contributed by atoms with van der Waals surface area (Å²) in [5.41, 5.74) is 10.1. The van der Waals surface area contributed by atoms with Gasteiger partial charge in [0.05, 0.1) is 6.54 Å². The Hall–Kier alpha value is -6.39. The lowest BCUT2D eigenvalue weighted by molar-refractivity contribution is 0.433. The molecule has 0 aliphatic heterocycles. The van der Waals surface area contributed by atoms with E-state index in [4.69, 9.17) is 14.4 Å². The first-order valence-electron chi connectivity index (χ1n) is 18.0. The second-order valence-corrected chi connectivity index (χ2v) is 13.5. The Morgan fingerprint density at radius 2 is 1.31 bits per heavy atom. The largest absolute Gasteiger partial charge is 0.459 e. The normalized spacial score (nSPS) is 16.9. The van der Waals surface area contributed by atoms with E-state index in [1.807, 2.05) is 48.5 Å². The van der Waals surface area contributed by atoms with Gasteiger partial charge in [-0.2, -0.15) is 0 Å². The molecule has 52 heavy (non-hydrogen) atoms. The van der Waals surface area contributed by atoms with E-state index in [9.17, 15) is 0 Å². The van der Waals surface area contributed by atoms with Crippen LogP contribution < -0.4 is 0 Å². The van der Waals surface area contributed by atoms with Gasteiger partial charge in [-0.1, -0.05) is 158 Å². The fraction of sp³-hybridized carbons (Fsp3) is 0.104. The van der Waals surface area contributed by atoms with Crippen molar-refractivity contribution in [3.05, 3.63) is 191 Å². The molecule has 2 aliphatic rings. The smallest absolute Gasteiger partial charge is 0.161 e. The van der Waals surface area contributed by atoms with E-state index < -0.39 is 0 Å². The summed E-state index contributed by atoms with van der Waals surface area (Å²) in [7, 11) is 0. The number of allylic oxidation sites excluding steroid dienone is 2. The molecule has 0 bridgehead atoms. The number of furan rings is 1. The average molecular weight is 672 g/mol. The second-order valence-electron chi connectivity index (χ2n) is 13.5. The van der Waals surface area contributed by atoms with Gasteiger partial charge >= 0.3 is 0 Å². The highest BCUT2D eigenvalue weighted by molar-refractivity contribution is 6.15. The van der Waals surface area contributed by atoms with Crippen LogP contribution in [0, 0.1) is 0 Å². The minimum atomic E-state index is 0.279. The monoisotopic (exact) mass is 671 g/mol. The second kappa shape index (κ2) is 13.7. The minimum absolute atomic E-state index is 0.279. The van der Waals surface area contributed by atoms with E-state index in [0.29, 0.717) is 24.1 Å². The third kappa shape index (κ3) is 5.82. The molecule has 250 valence electrons. The first kappa shape index (κ1) is 31.6. The average Bonchev–Trinajstić information content (AvgIpc) is 3.60. The molecule has 0 saturated heterocycles. The molecule has 9 rings (SSSR count). The lowest BCUT2D eigenvalue weighted by Crippen LogP contribution is -2.15. The summed E-state index contributed by atoms with van der Waals surface area (Å²) in [5, 5.41) is 3.45. The van der Waals surface area contributed by atoms with Crippen LogP contribution >= 0.6 is 0 Å². The maximum Gasteiger partial charge on any atom is 0.161 e. The molecule has 0 amide bonds. The molecule has 0 radical (unpaired) electrons. The molecular formula is C48H37N3O. The Labute approximate surface area is 303 Å². The zero-order valence-electron chi connectivity index (χ0n) is 28.8. The third-order valence-electron chi connectivity index (χ3n) is 10.4. The summed E-state index contributed by atoms with van der Waals surface area (Å²) in [6, 6.07) is 48.5. The maximum absolute atomic E-state index is 6.94. The van der Waals surface area contributed by atoms with Crippen molar-refractivity contribution in [1.82, 2.24) is 0 Å². The van der Waals surface area contributed by atoms with Gasteiger partial charge in [-0.3, -0.25) is 4.99 Å². The lowest BCUT2D eigenvalue weighted by atomic mass is 9.74. The van der Waals surface area contributed by atoms with Crippen molar-refractivity contribution >= 4 is 52.3 Å². The van der Waals surface area contributed by atoms with Crippen LogP contribution in [-0.4, -0.2) is 18.4 Å². The highest BCUT2D eigenvalue weighted by atomic mass is 16.3. The number of aliphatic imine (C=N–C) groups is 3. The summed E-state index contributed by atoms with van der Waals surface area (Å²) in [5.74, 6) is 2.91. The predicted octanol–water partition coefficient (Wildman–Crippen LogP) is 12.0. The number of hydrogen-bond acceptors (Lipinski definition) is 2. The third-order valence-corrected chi connectivity index (χ3v) is 10.4. The Balaban J connectivity index is 1.10. The highest BCUT2D eigenvalue weighted by Gasteiger charge is 2.33. The van der Waals surface area contributed by atoms with Gasteiger partial charge in [-0.25, -0.2) is 9.98 Å². The molecular weight excluding hydrogens is 635 g/mol. The van der Waals surface area contributed by atoms with Gasteiger partial charge < -0.3 is 4.42 Å². The summed E-state index contributed by atoms with van der Waals surface area (Å²) < 4.78 is 6.94. The van der Waals surface area contributed by atoms with Crippen LogP contribution in [0.1, 0.15) is 63.8 Å². The predicted molar refractivity (Wildman–Crippen MR) is 218 cm³/mol. The zero-order valence-corrected chi connectivity index (χ0v) is 28.8. The van der Waals surface area contributed by atoms with Crippen molar-refractivity contribution in [2.75, 3.05) is 0 Å². The van der Waals surface area contributed by atoms with E-state index >= 15 is 0 Å². The van der Waals surface area contributed by atoms with Gasteiger partial charge in [-0.05, 0) is 64.7 Å². The van der Waals surface area contributed by atoms with Crippen molar-refractivity contribution < 1.29 is 4.42 Å².